The van der Waals surface area contributed by atoms with Crippen LogP contribution in [0.25, 0.3) is 11.0 Å². The fourth-order valence-electron chi connectivity index (χ4n) is 4.91. The molecule has 2 aromatic heterocycles. The van der Waals surface area contributed by atoms with Crippen molar-refractivity contribution in [2.24, 2.45) is 5.92 Å². The molecule has 8 heteroatoms. The summed E-state index contributed by atoms with van der Waals surface area (Å²) in [6.45, 7) is 2.78. The van der Waals surface area contributed by atoms with Crippen LogP contribution in [0.5, 0.6) is 0 Å². The summed E-state index contributed by atoms with van der Waals surface area (Å²) in [5.74, 6) is 0.132. The van der Waals surface area contributed by atoms with Crippen LogP contribution in [0.1, 0.15) is 33.6 Å². The molecule has 0 aliphatic carbocycles. The van der Waals surface area contributed by atoms with Gasteiger partial charge in [-0.3, -0.25) is 9.69 Å². The summed E-state index contributed by atoms with van der Waals surface area (Å²) in [7, 11) is 1.87. The Morgan fingerprint density at radius 3 is 2.68 bits per heavy atom. The van der Waals surface area contributed by atoms with Gasteiger partial charge in [0.15, 0.2) is 0 Å². The molecular weight excluding hydrogens is 467 g/mol. The molecule has 1 amide bonds. The van der Waals surface area contributed by atoms with E-state index >= 15 is 0 Å². The van der Waals surface area contributed by atoms with Crippen LogP contribution in [0, 0.1) is 11.7 Å². The van der Waals surface area contributed by atoms with Gasteiger partial charge in [0.05, 0.1) is 16.6 Å². The number of piperidine rings is 1. The molecule has 5 rings (SSSR count). The van der Waals surface area contributed by atoms with E-state index in [-0.39, 0.29) is 17.8 Å². The average Bonchev–Trinajstić information content (AvgIpc) is 3.55. The number of fused-ring (bicyclic) bond motifs is 1. The largest absolute Gasteiger partial charge is 0.337 e. The Morgan fingerprint density at radius 2 is 1.91 bits per heavy atom. The molecule has 0 bridgehead atoms. The van der Waals surface area contributed by atoms with Gasteiger partial charge in [0.25, 0.3) is 5.91 Å². The lowest BCUT2D eigenvalue weighted by Crippen LogP contribution is -2.47. The molecule has 5 nitrogen and oxygen atoms in total. The zero-order valence-corrected chi connectivity index (χ0v) is 20.7. The number of likely N-dealkylation sites (tertiary alicyclic amines) is 1. The highest BCUT2D eigenvalue weighted by atomic mass is 32.1. The maximum atomic E-state index is 14.5. The molecule has 0 saturated carbocycles. The van der Waals surface area contributed by atoms with Crippen LogP contribution in [-0.4, -0.2) is 50.6 Å². The zero-order valence-electron chi connectivity index (χ0n) is 19.1. The number of likely N-dealkylation sites (N-methyl/N-ethyl adjacent to an activating group) is 1. The van der Waals surface area contributed by atoms with E-state index in [2.05, 4.69) is 25.8 Å². The van der Waals surface area contributed by atoms with Crippen LogP contribution in [0.2, 0.25) is 0 Å². The number of benzene rings is 2. The van der Waals surface area contributed by atoms with Crippen molar-refractivity contribution in [3.05, 3.63) is 81.8 Å². The maximum Gasteiger partial charge on any atom is 0.263 e. The first kappa shape index (κ1) is 23.1. The predicted octanol–water partition coefficient (Wildman–Crippen LogP) is 5.49. The van der Waals surface area contributed by atoms with Crippen molar-refractivity contribution < 1.29 is 9.18 Å². The molecule has 1 saturated heterocycles. The topological polar surface area (TPSA) is 49.3 Å². The Bertz CT molecular complexity index is 1250. The fraction of sp³-hybridized carbons (Fsp3) is 0.346. The number of nitrogens with zero attached hydrogens (tertiary/aromatic N) is 4. The summed E-state index contributed by atoms with van der Waals surface area (Å²) in [4.78, 5) is 18.2. The van der Waals surface area contributed by atoms with Crippen molar-refractivity contribution in [2.45, 2.75) is 31.8 Å². The summed E-state index contributed by atoms with van der Waals surface area (Å²) in [5, 5.41) is 1.92. The minimum atomic E-state index is -0.200. The van der Waals surface area contributed by atoms with Crippen molar-refractivity contribution in [2.75, 3.05) is 20.1 Å². The first-order valence-corrected chi connectivity index (χ1v) is 13.2. The number of aromatic nitrogens is 2. The van der Waals surface area contributed by atoms with E-state index in [1.54, 1.807) is 6.07 Å². The van der Waals surface area contributed by atoms with Gasteiger partial charge < -0.3 is 4.90 Å². The second kappa shape index (κ2) is 10.3. The number of amides is 1. The Balaban J connectivity index is 1.29. The Labute approximate surface area is 207 Å². The molecule has 0 N–H and O–H groups in total. The van der Waals surface area contributed by atoms with Gasteiger partial charge in [0.2, 0.25) is 0 Å². The van der Waals surface area contributed by atoms with Crippen LogP contribution >= 0.6 is 23.1 Å². The molecule has 1 aliphatic heterocycles. The second-order valence-corrected chi connectivity index (χ2v) is 10.4. The Morgan fingerprint density at radius 1 is 1.12 bits per heavy atom. The SMILES string of the molecule is CN(C(=O)c1cccs1)[C@@H](Cc1ccccc1F)C1CCN(Cc2ccc3nsnc3c2)CC1. The zero-order chi connectivity index (χ0) is 23.5. The molecule has 0 spiro atoms. The van der Waals surface area contributed by atoms with E-state index in [4.69, 9.17) is 0 Å². The molecule has 1 fully saturated rings. The first-order valence-electron chi connectivity index (χ1n) is 11.6. The van der Waals surface area contributed by atoms with Gasteiger partial charge in [-0.25, -0.2) is 4.39 Å². The molecule has 176 valence electrons. The minimum Gasteiger partial charge on any atom is -0.337 e. The van der Waals surface area contributed by atoms with Gasteiger partial charge in [0, 0.05) is 19.6 Å². The van der Waals surface area contributed by atoms with E-state index in [9.17, 15) is 9.18 Å². The number of thiophene rings is 1. The third kappa shape index (κ3) is 5.04. The lowest BCUT2D eigenvalue weighted by Gasteiger charge is -2.40. The number of hydrogen-bond donors (Lipinski definition) is 0. The average molecular weight is 495 g/mol. The van der Waals surface area contributed by atoms with E-state index in [0.717, 1.165) is 48.4 Å². The standard InChI is InChI=1S/C26H27FN4OS2/c1-30(26(32)25-7-4-14-33-25)24(16-20-5-2-3-6-21(20)27)19-10-12-31(13-11-19)17-18-8-9-22-23(15-18)29-34-28-22/h2-9,14-15,19,24H,10-13,16-17H2,1H3/t24-/m0/s1. The van der Waals surface area contributed by atoms with Gasteiger partial charge in [-0.05, 0) is 79.0 Å². The second-order valence-electron chi connectivity index (χ2n) is 8.96. The van der Waals surface area contributed by atoms with E-state index in [0.29, 0.717) is 17.9 Å². The van der Waals surface area contributed by atoms with Crippen LogP contribution < -0.4 is 0 Å². The molecule has 0 unspecified atom stereocenters. The van der Waals surface area contributed by atoms with E-state index < -0.39 is 0 Å². The van der Waals surface area contributed by atoms with Crippen molar-refractivity contribution >= 4 is 40.0 Å². The smallest absolute Gasteiger partial charge is 0.263 e. The first-order chi connectivity index (χ1) is 16.6. The monoisotopic (exact) mass is 494 g/mol. The summed E-state index contributed by atoms with van der Waals surface area (Å²) in [6, 6.07) is 16.9. The summed E-state index contributed by atoms with van der Waals surface area (Å²) >= 11 is 2.70. The molecule has 2 aromatic carbocycles. The lowest BCUT2D eigenvalue weighted by molar-refractivity contribution is 0.0588. The van der Waals surface area contributed by atoms with Crippen molar-refractivity contribution in [3.8, 4) is 0 Å². The van der Waals surface area contributed by atoms with Crippen LogP contribution in [0.3, 0.4) is 0 Å². The van der Waals surface area contributed by atoms with Gasteiger partial charge in [-0.15, -0.1) is 11.3 Å². The number of carbonyl (C=O) groups is 1. The Kier molecular flexibility index (Phi) is 6.99. The molecule has 3 heterocycles. The van der Waals surface area contributed by atoms with Gasteiger partial charge in [-0.1, -0.05) is 30.3 Å². The number of rotatable bonds is 7. The third-order valence-electron chi connectivity index (χ3n) is 6.84. The quantitative estimate of drug-likeness (QED) is 0.341. The minimum absolute atomic E-state index is 0.0175. The van der Waals surface area contributed by atoms with Gasteiger partial charge in [0.1, 0.15) is 16.9 Å². The van der Waals surface area contributed by atoms with E-state index in [1.807, 2.05) is 47.7 Å². The summed E-state index contributed by atoms with van der Waals surface area (Å²) in [6.07, 6.45) is 2.47. The Hall–Kier alpha value is -2.68. The summed E-state index contributed by atoms with van der Waals surface area (Å²) in [5.41, 5.74) is 3.82. The normalized spacial score (nSPS) is 16.1. The number of hydrogen-bond acceptors (Lipinski definition) is 6. The fourth-order valence-corrected chi connectivity index (χ4v) is 6.14. The highest BCUT2D eigenvalue weighted by Crippen LogP contribution is 2.29. The van der Waals surface area contributed by atoms with Crippen LogP contribution in [-0.2, 0) is 13.0 Å². The molecule has 34 heavy (non-hydrogen) atoms. The molecule has 1 aliphatic rings. The molecule has 0 radical (unpaired) electrons. The van der Waals surface area contributed by atoms with Crippen molar-refractivity contribution in [3.63, 3.8) is 0 Å². The third-order valence-corrected chi connectivity index (χ3v) is 8.25. The van der Waals surface area contributed by atoms with Gasteiger partial charge in [-0.2, -0.15) is 8.75 Å². The highest BCUT2D eigenvalue weighted by molar-refractivity contribution is 7.12. The van der Waals surface area contributed by atoms with Gasteiger partial charge >= 0.3 is 0 Å². The molecular formula is C26H27FN4OS2. The molecule has 1 atom stereocenters. The van der Waals surface area contributed by atoms with Crippen molar-refractivity contribution in [1.29, 1.82) is 0 Å². The van der Waals surface area contributed by atoms with Crippen LogP contribution in [0.4, 0.5) is 4.39 Å². The van der Waals surface area contributed by atoms with E-state index in [1.165, 1.54) is 34.7 Å². The number of carbonyl (C=O) groups excluding carboxylic acids is 1. The van der Waals surface area contributed by atoms with Crippen LogP contribution in [0.15, 0.2) is 60.0 Å². The lowest BCUT2D eigenvalue weighted by atomic mass is 9.84. The highest BCUT2D eigenvalue weighted by Gasteiger charge is 2.32. The maximum absolute atomic E-state index is 14.5. The summed E-state index contributed by atoms with van der Waals surface area (Å²) < 4.78 is 23.2. The number of halogens is 1. The van der Waals surface area contributed by atoms with Crippen molar-refractivity contribution in [1.82, 2.24) is 18.5 Å². The molecule has 4 aromatic rings. The predicted molar refractivity (Wildman–Crippen MR) is 136 cm³/mol.